The van der Waals surface area contributed by atoms with E-state index in [9.17, 15) is 38.7 Å². The molecule has 7 amide bonds. The average Bonchev–Trinajstić information content (AvgIpc) is 3.73. The zero-order valence-corrected chi connectivity index (χ0v) is 37.3. The minimum atomic E-state index is -1.32. The van der Waals surface area contributed by atoms with E-state index < -0.39 is 84.1 Å². The van der Waals surface area contributed by atoms with Gasteiger partial charge in [0, 0.05) is 39.1 Å². The van der Waals surface area contributed by atoms with Crippen molar-refractivity contribution in [1.29, 1.82) is 0 Å². The van der Waals surface area contributed by atoms with Gasteiger partial charge in [-0.1, -0.05) is 32.9 Å². The number of phenols is 1. The van der Waals surface area contributed by atoms with Crippen LogP contribution in [0.4, 0.5) is 0 Å². The number of likely N-dealkylation sites (tertiary alicyclic amines) is 1. The Kier molecular flexibility index (Phi) is 23.4. The lowest BCUT2D eigenvalue weighted by Gasteiger charge is -2.31. The quantitative estimate of drug-likeness (QED) is 0.0220. The van der Waals surface area contributed by atoms with E-state index in [0.29, 0.717) is 37.7 Å². The SMILES string of the molecule is CCCN(CC(=O)N[C@@H](Cc1ccc(O)cc1)C(=O)N[C@@H](CN)C(=O)N[C@@H](CCC(C)C)C(N)=O)C(=O)[C@H](CCCN=C(N)N)NC(=O)[C@@H]1CCCN1C(=O)[C@@H](N)CCCN=C(N)N. The lowest BCUT2D eigenvalue weighted by Crippen LogP contribution is -2.59. The summed E-state index contributed by atoms with van der Waals surface area (Å²) in [5.41, 5.74) is 39.9. The van der Waals surface area contributed by atoms with Crippen molar-refractivity contribution in [2.24, 2.45) is 56.0 Å². The van der Waals surface area contributed by atoms with E-state index in [1.165, 1.54) is 21.9 Å². The number of aromatic hydroxyl groups is 1. The normalized spacial score (nSPS) is 15.7. The third-order valence-electron chi connectivity index (χ3n) is 10.4. The molecule has 1 heterocycles. The average molecular weight is 902 g/mol. The highest BCUT2D eigenvalue weighted by molar-refractivity contribution is 5.96. The number of hydrogen-bond acceptors (Lipinski definition) is 12. The fourth-order valence-corrected chi connectivity index (χ4v) is 7.00. The molecule has 0 spiro atoms. The maximum absolute atomic E-state index is 14.3. The molecule has 0 saturated carbocycles. The van der Waals surface area contributed by atoms with E-state index in [0.717, 1.165) is 0 Å². The van der Waals surface area contributed by atoms with Crippen LogP contribution in [0.5, 0.6) is 5.75 Å². The molecule has 0 aromatic heterocycles. The van der Waals surface area contributed by atoms with Gasteiger partial charge in [-0.3, -0.25) is 43.5 Å². The number of rotatable bonds is 28. The summed E-state index contributed by atoms with van der Waals surface area (Å²) in [5.74, 6) is -4.71. The second-order valence-electron chi connectivity index (χ2n) is 16.2. The number of primary amides is 1. The molecule has 64 heavy (non-hydrogen) atoms. The second kappa shape index (κ2) is 27.7. The number of nitrogens with two attached hydrogens (primary N) is 7. The smallest absolute Gasteiger partial charge is 0.245 e. The summed E-state index contributed by atoms with van der Waals surface area (Å²) in [7, 11) is 0. The zero-order valence-electron chi connectivity index (χ0n) is 37.3. The van der Waals surface area contributed by atoms with Crippen molar-refractivity contribution >= 4 is 53.3 Å². The lowest BCUT2D eigenvalue weighted by atomic mass is 10.0. The second-order valence-corrected chi connectivity index (χ2v) is 16.2. The number of carbonyl (C=O) groups excluding carboxylic acids is 7. The van der Waals surface area contributed by atoms with E-state index in [4.69, 9.17) is 40.1 Å². The van der Waals surface area contributed by atoms with Crippen LogP contribution >= 0.6 is 0 Å². The van der Waals surface area contributed by atoms with Gasteiger partial charge < -0.3 is 76.3 Å². The molecule has 2 rings (SSSR count). The van der Waals surface area contributed by atoms with Crippen molar-refractivity contribution in [2.45, 2.75) is 121 Å². The van der Waals surface area contributed by atoms with E-state index in [2.05, 4.69) is 31.3 Å². The molecule has 0 unspecified atom stereocenters. The molecule has 1 aromatic carbocycles. The molecule has 1 saturated heterocycles. The van der Waals surface area contributed by atoms with E-state index in [1.807, 2.05) is 13.8 Å². The van der Waals surface area contributed by atoms with Crippen molar-refractivity contribution in [3.63, 3.8) is 0 Å². The summed E-state index contributed by atoms with van der Waals surface area (Å²) < 4.78 is 0. The van der Waals surface area contributed by atoms with E-state index in [1.54, 1.807) is 19.1 Å². The highest BCUT2D eigenvalue weighted by atomic mass is 16.3. The first-order valence-electron chi connectivity index (χ1n) is 21.7. The van der Waals surface area contributed by atoms with Gasteiger partial charge in [0.15, 0.2) is 11.9 Å². The predicted octanol–water partition coefficient (Wildman–Crippen LogP) is -3.58. The van der Waals surface area contributed by atoms with Gasteiger partial charge in [0.2, 0.25) is 41.4 Å². The first-order valence-corrected chi connectivity index (χ1v) is 21.7. The number of nitrogens with one attached hydrogen (secondary N) is 4. The Bertz CT molecular complexity index is 1770. The Morgan fingerprint density at radius 3 is 1.95 bits per heavy atom. The maximum atomic E-state index is 14.3. The number of nitrogens with zero attached hydrogens (tertiary/aromatic N) is 4. The third kappa shape index (κ3) is 19.0. The largest absolute Gasteiger partial charge is 0.508 e. The molecule has 23 heteroatoms. The van der Waals surface area contributed by atoms with E-state index >= 15 is 0 Å². The minimum Gasteiger partial charge on any atom is -0.508 e. The lowest BCUT2D eigenvalue weighted by molar-refractivity contribution is -0.143. The minimum absolute atomic E-state index is 0.0319. The highest BCUT2D eigenvalue weighted by Gasteiger charge is 2.38. The summed E-state index contributed by atoms with van der Waals surface area (Å²) >= 11 is 0. The van der Waals surface area contributed by atoms with Gasteiger partial charge in [0.05, 0.1) is 12.6 Å². The molecule has 0 bridgehead atoms. The number of amides is 7. The number of aliphatic imine (C=N–C) groups is 2. The monoisotopic (exact) mass is 902 g/mol. The van der Waals surface area contributed by atoms with Crippen LogP contribution in [-0.4, -0.2) is 144 Å². The molecule has 0 radical (unpaired) electrons. The predicted molar refractivity (Wildman–Crippen MR) is 241 cm³/mol. The molecular weight excluding hydrogens is 831 g/mol. The van der Waals surface area contributed by atoms with Crippen LogP contribution in [0.2, 0.25) is 0 Å². The summed E-state index contributed by atoms with van der Waals surface area (Å²) in [6, 6.07) is -0.730. The van der Waals surface area contributed by atoms with Gasteiger partial charge in [0.1, 0.15) is 36.0 Å². The maximum Gasteiger partial charge on any atom is 0.245 e. The number of phenolic OH excluding ortho intramolecular Hbond substituents is 1. The van der Waals surface area contributed by atoms with Gasteiger partial charge >= 0.3 is 0 Å². The van der Waals surface area contributed by atoms with Crippen LogP contribution in [0.25, 0.3) is 0 Å². The first-order chi connectivity index (χ1) is 30.3. The molecular formula is C41H71N15O8. The first kappa shape index (κ1) is 53.9. The van der Waals surface area contributed by atoms with Gasteiger partial charge in [-0.05, 0) is 81.4 Å². The molecule has 0 aliphatic carbocycles. The highest BCUT2D eigenvalue weighted by Crippen LogP contribution is 2.20. The van der Waals surface area contributed by atoms with Crippen molar-refractivity contribution < 1.29 is 38.7 Å². The number of guanidine groups is 2. The van der Waals surface area contributed by atoms with Crippen LogP contribution in [0.1, 0.15) is 84.1 Å². The van der Waals surface area contributed by atoms with Crippen LogP contribution < -0.4 is 61.4 Å². The molecule has 6 atom stereocenters. The third-order valence-corrected chi connectivity index (χ3v) is 10.4. The summed E-state index contributed by atoms with van der Waals surface area (Å²) in [6.07, 6.45) is 3.07. The molecule has 1 aliphatic heterocycles. The van der Waals surface area contributed by atoms with Crippen LogP contribution in [0, 0.1) is 5.92 Å². The topological polar surface area (TPSA) is 401 Å². The van der Waals surface area contributed by atoms with Crippen LogP contribution in [-0.2, 0) is 40.0 Å². The molecule has 1 aromatic rings. The van der Waals surface area contributed by atoms with Crippen molar-refractivity contribution in [2.75, 3.05) is 39.3 Å². The van der Waals surface area contributed by atoms with Crippen LogP contribution in [0.15, 0.2) is 34.3 Å². The number of benzene rings is 1. The molecule has 358 valence electrons. The Morgan fingerprint density at radius 1 is 0.797 bits per heavy atom. The van der Waals surface area contributed by atoms with Crippen molar-refractivity contribution in [1.82, 2.24) is 31.1 Å². The Labute approximate surface area is 374 Å². The van der Waals surface area contributed by atoms with Crippen molar-refractivity contribution in [3.8, 4) is 5.75 Å². The summed E-state index contributed by atoms with van der Waals surface area (Å²) in [5, 5.41) is 20.4. The molecule has 1 aliphatic rings. The number of hydrogen-bond donors (Lipinski definition) is 12. The number of carbonyl (C=O) groups is 7. The summed E-state index contributed by atoms with van der Waals surface area (Å²) in [4.78, 5) is 105. The van der Waals surface area contributed by atoms with Gasteiger partial charge in [0.25, 0.3) is 0 Å². The molecule has 1 fully saturated rings. The molecule has 19 N–H and O–H groups in total. The van der Waals surface area contributed by atoms with E-state index in [-0.39, 0.29) is 88.4 Å². The van der Waals surface area contributed by atoms with Crippen LogP contribution in [0.3, 0.4) is 0 Å². The Balaban J connectivity index is 2.32. The Hall–Kier alpha value is -6.23. The van der Waals surface area contributed by atoms with Gasteiger partial charge in [-0.15, -0.1) is 0 Å². The fraction of sp³-hybridized carbons (Fsp3) is 0.634. The summed E-state index contributed by atoms with van der Waals surface area (Å²) in [6.45, 7) is 5.57. The van der Waals surface area contributed by atoms with Crippen molar-refractivity contribution in [3.05, 3.63) is 29.8 Å². The van der Waals surface area contributed by atoms with Gasteiger partial charge in [-0.2, -0.15) is 0 Å². The molecule has 23 nitrogen and oxygen atoms in total. The fourth-order valence-electron chi connectivity index (χ4n) is 7.00. The standard InChI is InChI=1S/C41H71N15O8/c1-4-19-55(39(64)29(9-6-18-50-41(47)48)53-37(62)32-10-7-20-56(32)38(63)27(43)8-5-17-49-40(45)46)23-33(58)51-30(21-25-12-14-26(57)15-13-25)35(60)54-31(22-42)36(61)52-28(34(44)59)16-11-24(2)3/h12-15,24,27-32,57H,4-11,16-23,42-43H2,1-3H3,(H2,44,59)(H,51,58)(H,52,61)(H,53,62)(H,54,60)(H4,45,46,49)(H4,47,48,50)/t27-,28-,29-,30-,31-,32-/m0/s1. The van der Waals surface area contributed by atoms with Gasteiger partial charge in [-0.25, -0.2) is 0 Å². The zero-order chi connectivity index (χ0) is 47.9. The Morgan fingerprint density at radius 2 is 1.39 bits per heavy atom.